The van der Waals surface area contributed by atoms with Gasteiger partial charge in [-0.25, -0.2) is 0 Å². The molecule has 1 rings (SSSR count). The fraction of sp³-hybridized carbons (Fsp3) is 0.444. The number of hydrogen-bond donors (Lipinski definition) is 0. The van der Waals surface area contributed by atoms with Gasteiger partial charge in [0.25, 0.3) is 0 Å². The van der Waals surface area contributed by atoms with Gasteiger partial charge < -0.3 is 4.42 Å². The lowest BCUT2D eigenvalue weighted by molar-refractivity contribution is 0.426. The molecule has 0 N–H and O–H groups in total. The van der Waals surface area contributed by atoms with Crippen molar-refractivity contribution < 1.29 is 4.42 Å². The van der Waals surface area contributed by atoms with Crippen LogP contribution in [0.15, 0.2) is 16.5 Å². The van der Waals surface area contributed by atoms with Crippen molar-refractivity contribution >= 4 is 0 Å². The molecule has 0 atom stereocenters. The zero-order chi connectivity index (χ0) is 8.48. The van der Waals surface area contributed by atoms with Crippen LogP contribution < -0.4 is 0 Å². The topological polar surface area (TPSA) is 36.9 Å². The quantitative estimate of drug-likeness (QED) is 0.614. The summed E-state index contributed by atoms with van der Waals surface area (Å²) in [7, 11) is 0. The van der Waals surface area contributed by atoms with Crippen molar-refractivity contribution in [3.8, 4) is 6.07 Å². The third-order valence-corrected chi connectivity index (χ3v) is 1.64. The monoisotopic (exact) mass is 149 g/mol. The van der Waals surface area contributed by atoms with E-state index in [1.54, 1.807) is 0 Å². The summed E-state index contributed by atoms with van der Waals surface area (Å²) in [5, 5.41) is 8.75. The smallest absolute Gasteiger partial charge is 0.123 e. The molecular weight excluding hydrogens is 138 g/mol. The number of rotatable bonds is 1. The maximum absolute atomic E-state index is 8.75. The zero-order valence-electron chi connectivity index (χ0n) is 7.01. The van der Waals surface area contributed by atoms with Crippen LogP contribution in [0.3, 0.4) is 0 Å². The van der Waals surface area contributed by atoms with Gasteiger partial charge in [-0.2, -0.15) is 5.26 Å². The average Bonchev–Trinajstić information content (AvgIpc) is 2.36. The van der Waals surface area contributed by atoms with Crippen LogP contribution in [0.25, 0.3) is 0 Å². The lowest BCUT2D eigenvalue weighted by Crippen LogP contribution is -2.12. The summed E-state index contributed by atoms with van der Waals surface area (Å²) >= 11 is 0. The summed E-state index contributed by atoms with van der Waals surface area (Å²) in [4.78, 5) is 0. The van der Waals surface area contributed by atoms with Crippen LogP contribution in [-0.2, 0) is 5.41 Å². The molecule has 2 heteroatoms. The second kappa shape index (κ2) is 2.43. The number of aryl methyl sites for hydroxylation is 1. The SMILES string of the molecule is Cc1ccc(C(C)(C)C#N)o1. The maximum Gasteiger partial charge on any atom is 0.123 e. The van der Waals surface area contributed by atoms with Crippen molar-refractivity contribution in [2.45, 2.75) is 26.2 Å². The summed E-state index contributed by atoms with van der Waals surface area (Å²) in [5.41, 5.74) is -0.506. The van der Waals surface area contributed by atoms with E-state index < -0.39 is 5.41 Å². The highest BCUT2D eigenvalue weighted by Crippen LogP contribution is 2.23. The Kier molecular flexibility index (Phi) is 1.74. The summed E-state index contributed by atoms with van der Waals surface area (Å²) in [6.07, 6.45) is 0. The molecule has 0 fully saturated rings. The predicted octanol–water partition coefficient (Wildman–Crippen LogP) is 2.39. The molecule has 58 valence electrons. The summed E-state index contributed by atoms with van der Waals surface area (Å²) in [5.74, 6) is 1.58. The summed E-state index contributed by atoms with van der Waals surface area (Å²) in [6.45, 7) is 5.55. The molecule has 0 bridgehead atoms. The van der Waals surface area contributed by atoms with Gasteiger partial charge in [-0.05, 0) is 32.9 Å². The molecule has 11 heavy (non-hydrogen) atoms. The maximum atomic E-state index is 8.75. The fourth-order valence-corrected chi connectivity index (χ4v) is 0.826. The first-order chi connectivity index (χ1) is 5.06. The summed E-state index contributed by atoms with van der Waals surface area (Å²) in [6, 6.07) is 5.89. The fourth-order valence-electron chi connectivity index (χ4n) is 0.826. The Hall–Kier alpha value is -1.23. The van der Waals surface area contributed by atoms with E-state index in [4.69, 9.17) is 9.68 Å². The molecule has 0 unspecified atom stereocenters. The molecule has 1 aromatic heterocycles. The van der Waals surface area contributed by atoms with Crippen molar-refractivity contribution in [2.75, 3.05) is 0 Å². The molecule has 0 aliphatic carbocycles. The standard InChI is InChI=1S/C9H11NO/c1-7-4-5-8(11-7)9(2,3)6-10/h4-5H,1-3H3. The minimum atomic E-state index is -0.506. The third-order valence-electron chi connectivity index (χ3n) is 1.64. The highest BCUT2D eigenvalue weighted by Gasteiger charge is 2.22. The van der Waals surface area contributed by atoms with Crippen molar-refractivity contribution in [1.29, 1.82) is 5.26 Å². The van der Waals surface area contributed by atoms with Gasteiger partial charge in [0.15, 0.2) is 0 Å². The highest BCUT2D eigenvalue weighted by molar-refractivity contribution is 5.22. The average molecular weight is 149 g/mol. The van der Waals surface area contributed by atoms with E-state index in [0.29, 0.717) is 0 Å². The van der Waals surface area contributed by atoms with Crippen LogP contribution in [0.2, 0.25) is 0 Å². The first kappa shape index (κ1) is 7.87. The Morgan fingerprint density at radius 3 is 2.45 bits per heavy atom. The van der Waals surface area contributed by atoms with Crippen LogP contribution in [-0.4, -0.2) is 0 Å². The van der Waals surface area contributed by atoms with Gasteiger partial charge in [-0.15, -0.1) is 0 Å². The minimum Gasteiger partial charge on any atom is -0.465 e. The first-order valence-electron chi connectivity index (χ1n) is 3.54. The molecule has 0 aliphatic rings. The van der Waals surface area contributed by atoms with Gasteiger partial charge in [-0.1, -0.05) is 0 Å². The third kappa shape index (κ3) is 1.43. The molecular formula is C9H11NO. The Morgan fingerprint density at radius 1 is 1.45 bits per heavy atom. The molecule has 0 spiro atoms. The van der Waals surface area contributed by atoms with Gasteiger partial charge in [0, 0.05) is 0 Å². The van der Waals surface area contributed by atoms with Crippen LogP contribution in [0.4, 0.5) is 0 Å². The van der Waals surface area contributed by atoms with Gasteiger partial charge in [0.2, 0.25) is 0 Å². The molecule has 0 aromatic carbocycles. The second-order valence-electron chi connectivity index (χ2n) is 3.15. The van der Waals surface area contributed by atoms with Crippen LogP contribution >= 0.6 is 0 Å². The molecule has 1 aromatic rings. The first-order valence-corrected chi connectivity index (χ1v) is 3.54. The van der Waals surface area contributed by atoms with Gasteiger partial charge in [0.05, 0.1) is 6.07 Å². The normalized spacial score (nSPS) is 11.1. The molecule has 0 saturated carbocycles. The van der Waals surface area contributed by atoms with Crippen molar-refractivity contribution in [1.82, 2.24) is 0 Å². The largest absolute Gasteiger partial charge is 0.465 e. The van der Waals surface area contributed by atoms with Crippen LogP contribution in [0.5, 0.6) is 0 Å². The minimum absolute atomic E-state index is 0.506. The number of nitrogens with zero attached hydrogens (tertiary/aromatic N) is 1. The Morgan fingerprint density at radius 2 is 2.09 bits per heavy atom. The Bertz CT molecular complexity index is 291. The van der Waals surface area contributed by atoms with E-state index in [0.717, 1.165) is 11.5 Å². The van der Waals surface area contributed by atoms with Crippen molar-refractivity contribution in [3.05, 3.63) is 23.7 Å². The van der Waals surface area contributed by atoms with E-state index in [1.807, 2.05) is 32.9 Å². The van der Waals surface area contributed by atoms with Gasteiger partial charge in [0.1, 0.15) is 16.9 Å². The molecule has 0 amide bonds. The molecule has 1 heterocycles. The Labute approximate surface area is 66.4 Å². The number of furan rings is 1. The van der Waals surface area contributed by atoms with Gasteiger partial charge in [-0.3, -0.25) is 0 Å². The number of hydrogen-bond acceptors (Lipinski definition) is 2. The second-order valence-corrected chi connectivity index (χ2v) is 3.15. The van der Waals surface area contributed by atoms with E-state index >= 15 is 0 Å². The van der Waals surface area contributed by atoms with E-state index in [1.165, 1.54) is 0 Å². The molecule has 0 aliphatic heterocycles. The van der Waals surface area contributed by atoms with Crippen LogP contribution in [0.1, 0.15) is 25.4 Å². The zero-order valence-corrected chi connectivity index (χ0v) is 7.01. The molecule has 2 nitrogen and oxygen atoms in total. The lowest BCUT2D eigenvalue weighted by atomic mass is 9.93. The molecule has 0 radical (unpaired) electrons. The van der Waals surface area contributed by atoms with Crippen molar-refractivity contribution in [3.63, 3.8) is 0 Å². The van der Waals surface area contributed by atoms with Crippen LogP contribution in [0, 0.1) is 18.3 Å². The predicted molar refractivity (Wildman–Crippen MR) is 42.1 cm³/mol. The molecule has 0 saturated heterocycles. The van der Waals surface area contributed by atoms with Gasteiger partial charge >= 0.3 is 0 Å². The van der Waals surface area contributed by atoms with E-state index in [-0.39, 0.29) is 0 Å². The van der Waals surface area contributed by atoms with Crippen molar-refractivity contribution in [2.24, 2.45) is 0 Å². The summed E-state index contributed by atoms with van der Waals surface area (Å²) < 4.78 is 5.32. The van der Waals surface area contributed by atoms with E-state index in [9.17, 15) is 0 Å². The number of nitriles is 1. The highest BCUT2D eigenvalue weighted by atomic mass is 16.3. The van der Waals surface area contributed by atoms with E-state index in [2.05, 4.69) is 6.07 Å². The Balaban J connectivity index is 3.04. The lowest BCUT2D eigenvalue weighted by Gasteiger charge is -2.10.